The Bertz CT molecular complexity index is 237. The maximum absolute atomic E-state index is 11.7. The second kappa shape index (κ2) is 6.97. The summed E-state index contributed by atoms with van der Waals surface area (Å²) in [7, 11) is 3.56. The number of rotatable bonds is 5. The molecule has 0 aliphatic carbocycles. The van der Waals surface area contributed by atoms with Crippen LogP contribution in [0.2, 0.25) is 0 Å². The molecule has 17 heavy (non-hydrogen) atoms. The van der Waals surface area contributed by atoms with Crippen molar-refractivity contribution in [3.8, 4) is 0 Å². The van der Waals surface area contributed by atoms with E-state index >= 15 is 0 Å². The van der Waals surface area contributed by atoms with E-state index < -0.39 is 0 Å². The van der Waals surface area contributed by atoms with Crippen molar-refractivity contribution in [2.45, 2.75) is 32.7 Å². The summed E-state index contributed by atoms with van der Waals surface area (Å²) in [4.78, 5) is 14.0. The number of methoxy groups -OCH3 is 1. The Labute approximate surface area is 104 Å². The molecular weight excluding hydrogens is 218 g/mol. The Morgan fingerprint density at radius 1 is 1.41 bits per heavy atom. The SMILES string of the molecule is COC(=O)C(CN(C)C1CCOCC1)C(C)C. The van der Waals surface area contributed by atoms with Gasteiger partial charge in [0.1, 0.15) is 0 Å². The average molecular weight is 243 g/mol. The molecule has 1 atom stereocenters. The molecule has 0 N–H and O–H groups in total. The summed E-state index contributed by atoms with van der Waals surface area (Å²) in [5, 5.41) is 0. The van der Waals surface area contributed by atoms with E-state index in [2.05, 4.69) is 25.8 Å². The van der Waals surface area contributed by atoms with Crippen molar-refractivity contribution in [3.63, 3.8) is 0 Å². The molecule has 1 saturated heterocycles. The van der Waals surface area contributed by atoms with Crippen molar-refractivity contribution in [1.82, 2.24) is 4.90 Å². The largest absolute Gasteiger partial charge is 0.469 e. The minimum Gasteiger partial charge on any atom is -0.469 e. The van der Waals surface area contributed by atoms with E-state index in [1.807, 2.05) is 0 Å². The summed E-state index contributed by atoms with van der Waals surface area (Å²) >= 11 is 0. The summed E-state index contributed by atoms with van der Waals surface area (Å²) in [5.74, 6) is 0.177. The zero-order valence-electron chi connectivity index (χ0n) is 11.4. The first-order valence-corrected chi connectivity index (χ1v) is 6.42. The number of carbonyl (C=O) groups excluding carboxylic acids is 1. The van der Waals surface area contributed by atoms with E-state index in [0.717, 1.165) is 32.6 Å². The van der Waals surface area contributed by atoms with Gasteiger partial charge in [-0.2, -0.15) is 0 Å². The Balaban J connectivity index is 2.50. The van der Waals surface area contributed by atoms with Crippen molar-refractivity contribution < 1.29 is 14.3 Å². The van der Waals surface area contributed by atoms with Crippen LogP contribution in [0.4, 0.5) is 0 Å². The van der Waals surface area contributed by atoms with Crippen molar-refractivity contribution in [1.29, 1.82) is 0 Å². The molecular formula is C13H25NO3. The van der Waals surface area contributed by atoms with Gasteiger partial charge < -0.3 is 14.4 Å². The van der Waals surface area contributed by atoms with Gasteiger partial charge in [0.15, 0.2) is 0 Å². The standard InChI is InChI=1S/C13H25NO3/c1-10(2)12(13(15)16-4)9-14(3)11-5-7-17-8-6-11/h10-12H,5-9H2,1-4H3. The first-order chi connectivity index (χ1) is 8.06. The molecule has 0 bridgehead atoms. The maximum Gasteiger partial charge on any atom is 0.310 e. The molecule has 0 radical (unpaired) electrons. The van der Waals surface area contributed by atoms with Gasteiger partial charge in [0.05, 0.1) is 13.0 Å². The van der Waals surface area contributed by atoms with E-state index in [-0.39, 0.29) is 11.9 Å². The lowest BCUT2D eigenvalue weighted by atomic mass is 9.94. The highest BCUT2D eigenvalue weighted by atomic mass is 16.5. The van der Waals surface area contributed by atoms with Gasteiger partial charge in [0.25, 0.3) is 0 Å². The highest BCUT2D eigenvalue weighted by Gasteiger charge is 2.27. The van der Waals surface area contributed by atoms with Gasteiger partial charge in [-0.3, -0.25) is 4.79 Å². The molecule has 1 unspecified atom stereocenters. The molecule has 4 heteroatoms. The highest BCUT2D eigenvalue weighted by molar-refractivity contribution is 5.72. The van der Waals surface area contributed by atoms with Crippen LogP contribution in [0.3, 0.4) is 0 Å². The molecule has 1 aliphatic rings. The predicted molar refractivity (Wildman–Crippen MR) is 66.8 cm³/mol. The number of carbonyl (C=O) groups is 1. The van der Waals surface area contributed by atoms with Crippen LogP contribution in [0.25, 0.3) is 0 Å². The van der Waals surface area contributed by atoms with Crippen LogP contribution < -0.4 is 0 Å². The highest BCUT2D eigenvalue weighted by Crippen LogP contribution is 2.19. The zero-order valence-corrected chi connectivity index (χ0v) is 11.4. The van der Waals surface area contributed by atoms with Gasteiger partial charge in [-0.25, -0.2) is 0 Å². The number of hydrogen-bond acceptors (Lipinski definition) is 4. The van der Waals surface area contributed by atoms with Crippen molar-refractivity contribution in [2.75, 3.05) is 33.9 Å². The molecule has 4 nitrogen and oxygen atoms in total. The van der Waals surface area contributed by atoms with Crippen LogP contribution in [0.5, 0.6) is 0 Å². The fourth-order valence-corrected chi connectivity index (χ4v) is 2.29. The summed E-state index contributed by atoms with van der Waals surface area (Å²) in [5.41, 5.74) is 0. The van der Waals surface area contributed by atoms with Crippen LogP contribution in [-0.2, 0) is 14.3 Å². The van der Waals surface area contributed by atoms with Gasteiger partial charge in [0.2, 0.25) is 0 Å². The lowest BCUT2D eigenvalue weighted by Crippen LogP contribution is -2.42. The second-order valence-electron chi connectivity index (χ2n) is 5.16. The quantitative estimate of drug-likeness (QED) is 0.687. The molecule has 0 amide bonds. The van der Waals surface area contributed by atoms with Crippen molar-refractivity contribution >= 4 is 5.97 Å². The van der Waals surface area contributed by atoms with Crippen LogP contribution in [-0.4, -0.2) is 50.8 Å². The van der Waals surface area contributed by atoms with Gasteiger partial charge in [0, 0.05) is 25.8 Å². The van der Waals surface area contributed by atoms with E-state index in [1.165, 1.54) is 7.11 Å². The third kappa shape index (κ3) is 4.28. The van der Waals surface area contributed by atoms with E-state index in [1.54, 1.807) is 0 Å². The number of esters is 1. The molecule has 100 valence electrons. The van der Waals surface area contributed by atoms with Crippen LogP contribution in [0.1, 0.15) is 26.7 Å². The Morgan fingerprint density at radius 3 is 2.47 bits per heavy atom. The first-order valence-electron chi connectivity index (χ1n) is 6.42. The predicted octanol–water partition coefficient (Wildman–Crippen LogP) is 1.54. The molecule has 1 fully saturated rings. The normalized spacial score (nSPS) is 19.6. The molecule has 0 aromatic carbocycles. The minimum atomic E-state index is -0.0982. The van der Waals surface area contributed by atoms with Crippen LogP contribution in [0, 0.1) is 11.8 Å². The third-order valence-electron chi connectivity index (χ3n) is 3.61. The van der Waals surface area contributed by atoms with Crippen molar-refractivity contribution in [3.05, 3.63) is 0 Å². The summed E-state index contributed by atoms with van der Waals surface area (Å²) < 4.78 is 10.2. The summed E-state index contributed by atoms with van der Waals surface area (Å²) in [6.45, 7) is 6.58. The van der Waals surface area contributed by atoms with Gasteiger partial charge in [-0.1, -0.05) is 13.8 Å². The summed E-state index contributed by atoms with van der Waals surface area (Å²) in [6.07, 6.45) is 2.12. The van der Waals surface area contributed by atoms with E-state index in [4.69, 9.17) is 9.47 Å². The molecule has 0 saturated carbocycles. The Hall–Kier alpha value is -0.610. The number of ether oxygens (including phenoxy) is 2. The molecule has 0 spiro atoms. The molecule has 0 aromatic heterocycles. The summed E-state index contributed by atoms with van der Waals surface area (Å²) in [6, 6.07) is 0.537. The Morgan fingerprint density at radius 2 is 2.00 bits per heavy atom. The lowest BCUT2D eigenvalue weighted by molar-refractivity contribution is -0.148. The minimum absolute atomic E-state index is 0.0344. The smallest absolute Gasteiger partial charge is 0.310 e. The molecule has 0 aromatic rings. The van der Waals surface area contributed by atoms with Gasteiger partial charge in [-0.15, -0.1) is 0 Å². The Kier molecular flexibility index (Phi) is 5.92. The van der Waals surface area contributed by atoms with Crippen molar-refractivity contribution in [2.24, 2.45) is 11.8 Å². The average Bonchev–Trinajstić information content (AvgIpc) is 2.35. The van der Waals surface area contributed by atoms with Gasteiger partial charge in [-0.05, 0) is 25.8 Å². The molecule has 1 heterocycles. The fourth-order valence-electron chi connectivity index (χ4n) is 2.29. The van der Waals surface area contributed by atoms with E-state index in [0.29, 0.717) is 12.0 Å². The number of nitrogens with zero attached hydrogens (tertiary/aromatic N) is 1. The topological polar surface area (TPSA) is 38.8 Å². The van der Waals surface area contributed by atoms with Crippen LogP contribution in [0.15, 0.2) is 0 Å². The first kappa shape index (κ1) is 14.5. The monoisotopic (exact) mass is 243 g/mol. The van der Waals surface area contributed by atoms with Crippen LogP contribution >= 0.6 is 0 Å². The second-order valence-corrected chi connectivity index (χ2v) is 5.16. The maximum atomic E-state index is 11.7. The number of hydrogen-bond donors (Lipinski definition) is 0. The van der Waals surface area contributed by atoms with E-state index in [9.17, 15) is 4.79 Å². The molecule has 1 rings (SSSR count). The zero-order chi connectivity index (χ0) is 12.8. The fraction of sp³-hybridized carbons (Fsp3) is 0.923. The molecule has 1 aliphatic heterocycles. The third-order valence-corrected chi connectivity index (χ3v) is 3.61. The lowest BCUT2D eigenvalue weighted by Gasteiger charge is -2.33. The van der Waals surface area contributed by atoms with Gasteiger partial charge >= 0.3 is 5.97 Å².